The third kappa shape index (κ3) is 1.57. The van der Waals surface area contributed by atoms with Gasteiger partial charge in [-0.15, -0.1) is 0 Å². The third-order valence-electron chi connectivity index (χ3n) is 4.50. The van der Waals surface area contributed by atoms with E-state index in [1.54, 1.807) is 0 Å². The number of hydrogen-bond donors (Lipinski definition) is 1. The molecule has 2 amide bonds. The first-order valence-corrected chi connectivity index (χ1v) is 6.52. The van der Waals surface area contributed by atoms with Crippen molar-refractivity contribution in [2.24, 2.45) is 5.41 Å². The maximum Gasteiger partial charge on any atom is 0.234 e. The van der Waals surface area contributed by atoms with Crippen LogP contribution in [0, 0.1) is 12.3 Å². The van der Waals surface area contributed by atoms with E-state index in [2.05, 4.69) is 5.32 Å². The summed E-state index contributed by atoms with van der Waals surface area (Å²) in [4.78, 5) is 23.8. The second-order valence-electron chi connectivity index (χ2n) is 5.59. The van der Waals surface area contributed by atoms with E-state index in [0.29, 0.717) is 6.42 Å². The fourth-order valence-electron chi connectivity index (χ4n) is 3.43. The molecule has 1 aromatic carbocycles. The standard InChI is InChI=1S/C15H17NO2/c1-10-5-2-3-6-11(10)13-14(18)16-12(17)9-15(13)7-4-8-15/h2-3,5-6,13H,4,7-9H2,1H3,(H,16,17,18). The normalized spacial score (nSPS) is 25.7. The second kappa shape index (κ2) is 3.94. The van der Waals surface area contributed by atoms with Crippen LogP contribution in [0.3, 0.4) is 0 Å². The molecular formula is C15H17NO2. The highest BCUT2D eigenvalue weighted by molar-refractivity contribution is 6.02. The Morgan fingerprint density at radius 1 is 1.22 bits per heavy atom. The molecule has 1 saturated heterocycles. The predicted molar refractivity (Wildman–Crippen MR) is 68.0 cm³/mol. The minimum Gasteiger partial charge on any atom is -0.296 e. The highest BCUT2D eigenvalue weighted by atomic mass is 16.2. The molecule has 1 atom stereocenters. The number of carbonyl (C=O) groups is 2. The van der Waals surface area contributed by atoms with Crippen molar-refractivity contribution in [2.75, 3.05) is 0 Å². The maximum atomic E-state index is 12.2. The number of nitrogens with one attached hydrogen (secondary N) is 1. The topological polar surface area (TPSA) is 46.2 Å². The van der Waals surface area contributed by atoms with Crippen molar-refractivity contribution in [2.45, 2.75) is 38.5 Å². The van der Waals surface area contributed by atoms with E-state index in [4.69, 9.17) is 0 Å². The highest BCUT2D eigenvalue weighted by Gasteiger charge is 2.52. The van der Waals surface area contributed by atoms with Gasteiger partial charge >= 0.3 is 0 Å². The zero-order valence-electron chi connectivity index (χ0n) is 10.5. The first-order valence-electron chi connectivity index (χ1n) is 6.52. The SMILES string of the molecule is Cc1ccccc1C1C(=O)NC(=O)CC12CCC2. The van der Waals surface area contributed by atoms with Crippen molar-refractivity contribution in [3.8, 4) is 0 Å². The van der Waals surface area contributed by atoms with Crippen molar-refractivity contribution in [3.63, 3.8) is 0 Å². The van der Waals surface area contributed by atoms with Crippen LogP contribution in [-0.2, 0) is 9.59 Å². The smallest absolute Gasteiger partial charge is 0.234 e. The summed E-state index contributed by atoms with van der Waals surface area (Å²) in [6, 6.07) is 8.01. The molecule has 18 heavy (non-hydrogen) atoms. The Morgan fingerprint density at radius 3 is 2.56 bits per heavy atom. The average molecular weight is 243 g/mol. The second-order valence-corrected chi connectivity index (χ2v) is 5.59. The number of piperidine rings is 1. The number of rotatable bonds is 1. The first kappa shape index (κ1) is 11.5. The summed E-state index contributed by atoms with van der Waals surface area (Å²) in [6.45, 7) is 2.03. The summed E-state index contributed by atoms with van der Waals surface area (Å²) in [5.74, 6) is -0.366. The summed E-state index contributed by atoms with van der Waals surface area (Å²) < 4.78 is 0. The van der Waals surface area contributed by atoms with Crippen molar-refractivity contribution < 1.29 is 9.59 Å². The zero-order valence-corrected chi connectivity index (χ0v) is 10.5. The molecule has 3 heteroatoms. The summed E-state index contributed by atoms with van der Waals surface area (Å²) in [5.41, 5.74) is 2.12. The lowest BCUT2D eigenvalue weighted by Gasteiger charge is -2.49. The van der Waals surface area contributed by atoms with Gasteiger partial charge in [0, 0.05) is 6.42 Å². The van der Waals surface area contributed by atoms with Crippen molar-refractivity contribution in [1.29, 1.82) is 0 Å². The average Bonchev–Trinajstić information content (AvgIpc) is 2.27. The third-order valence-corrected chi connectivity index (χ3v) is 4.50. The van der Waals surface area contributed by atoms with Crippen LogP contribution in [0.15, 0.2) is 24.3 Å². The number of imide groups is 1. The van der Waals surface area contributed by atoms with Gasteiger partial charge in [0.05, 0.1) is 5.92 Å². The molecule has 1 aromatic rings. The monoisotopic (exact) mass is 243 g/mol. The van der Waals surface area contributed by atoms with Crippen LogP contribution in [-0.4, -0.2) is 11.8 Å². The van der Waals surface area contributed by atoms with Crippen LogP contribution < -0.4 is 5.32 Å². The van der Waals surface area contributed by atoms with Crippen molar-refractivity contribution in [1.82, 2.24) is 5.32 Å². The molecule has 1 N–H and O–H groups in total. The minimum absolute atomic E-state index is 0.106. The Labute approximate surface area is 107 Å². The van der Waals surface area contributed by atoms with Crippen LogP contribution >= 0.6 is 0 Å². The molecule has 94 valence electrons. The quantitative estimate of drug-likeness (QED) is 0.769. The van der Waals surface area contributed by atoms with Gasteiger partial charge in [0.1, 0.15) is 0 Å². The molecule has 1 heterocycles. The summed E-state index contributed by atoms with van der Waals surface area (Å²) in [5, 5.41) is 2.50. The van der Waals surface area contributed by atoms with Crippen LogP contribution in [0.4, 0.5) is 0 Å². The molecule has 1 aliphatic carbocycles. The molecule has 0 aromatic heterocycles. The van der Waals surface area contributed by atoms with E-state index < -0.39 is 0 Å². The summed E-state index contributed by atoms with van der Waals surface area (Å²) in [6.07, 6.45) is 3.61. The largest absolute Gasteiger partial charge is 0.296 e. The molecule has 1 spiro atoms. The van der Waals surface area contributed by atoms with Crippen molar-refractivity contribution in [3.05, 3.63) is 35.4 Å². The van der Waals surface area contributed by atoms with Crippen LogP contribution in [0.1, 0.15) is 42.7 Å². The Kier molecular flexibility index (Phi) is 2.51. The van der Waals surface area contributed by atoms with Crippen LogP contribution in [0.5, 0.6) is 0 Å². The molecule has 3 nitrogen and oxygen atoms in total. The molecule has 2 fully saturated rings. The van der Waals surface area contributed by atoms with Gasteiger partial charge in [-0.05, 0) is 36.3 Å². The zero-order chi connectivity index (χ0) is 12.8. The van der Waals surface area contributed by atoms with Gasteiger partial charge < -0.3 is 0 Å². The highest BCUT2D eigenvalue weighted by Crippen LogP contribution is 2.55. The van der Waals surface area contributed by atoms with E-state index in [1.165, 1.54) is 0 Å². The van der Waals surface area contributed by atoms with Gasteiger partial charge in [-0.2, -0.15) is 0 Å². The Morgan fingerprint density at radius 2 is 1.94 bits per heavy atom. The summed E-state index contributed by atoms with van der Waals surface area (Å²) >= 11 is 0. The first-order chi connectivity index (χ1) is 8.62. The van der Waals surface area contributed by atoms with Gasteiger partial charge in [0.25, 0.3) is 0 Å². The van der Waals surface area contributed by atoms with E-state index >= 15 is 0 Å². The van der Waals surface area contributed by atoms with E-state index in [-0.39, 0.29) is 23.1 Å². The molecule has 1 saturated carbocycles. The van der Waals surface area contributed by atoms with Gasteiger partial charge in [-0.3, -0.25) is 14.9 Å². The lowest BCUT2D eigenvalue weighted by atomic mass is 9.55. The van der Waals surface area contributed by atoms with Gasteiger partial charge in [-0.1, -0.05) is 30.7 Å². The van der Waals surface area contributed by atoms with Gasteiger partial charge in [0.15, 0.2) is 0 Å². The number of carbonyl (C=O) groups excluding carboxylic acids is 2. The molecule has 1 aliphatic heterocycles. The van der Waals surface area contributed by atoms with Crippen molar-refractivity contribution >= 4 is 11.8 Å². The van der Waals surface area contributed by atoms with Gasteiger partial charge in [0.2, 0.25) is 11.8 Å². The lowest BCUT2D eigenvalue weighted by molar-refractivity contribution is -0.143. The number of aryl methyl sites for hydroxylation is 1. The van der Waals surface area contributed by atoms with E-state index in [1.807, 2.05) is 31.2 Å². The van der Waals surface area contributed by atoms with E-state index in [9.17, 15) is 9.59 Å². The fraction of sp³-hybridized carbons (Fsp3) is 0.467. The molecule has 1 unspecified atom stereocenters. The van der Waals surface area contributed by atoms with Crippen LogP contribution in [0.2, 0.25) is 0 Å². The minimum atomic E-state index is -0.148. The number of hydrogen-bond acceptors (Lipinski definition) is 2. The number of amides is 2. The number of benzene rings is 1. The summed E-state index contributed by atoms with van der Waals surface area (Å²) in [7, 11) is 0. The van der Waals surface area contributed by atoms with Gasteiger partial charge in [-0.25, -0.2) is 0 Å². The Balaban J connectivity index is 2.05. The molecule has 0 bridgehead atoms. The predicted octanol–water partition coefficient (Wildman–Crippen LogP) is 2.30. The van der Waals surface area contributed by atoms with Crippen LogP contribution in [0.25, 0.3) is 0 Å². The lowest BCUT2D eigenvalue weighted by Crippen LogP contribution is -2.53. The van der Waals surface area contributed by atoms with E-state index in [0.717, 1.165) is 30.4 Å². The molecular weight excluding hydrogens is 226 g/mol. The maximum absolute atomic E-state index is 12.2. The molecule has 3 rings (SSSR count). The Hall–Kier alpha value is -1.64. The molecule has 0 radical (unpaired) electrons. The molecule has 2 aliphatic rings. The fourth-order valence-corrected chi connectivity index (χ4v) is 3.43. The Bertz CT molecular complexity index is 517.